The molecule has 2 N–H and O–H groups in total. The van der Waals surface area contributed by atoms with Crippen LogP contribution < -0.4 is 14.0 Å². The molecule has 2 aliphatic rings. The Labute approximate surface area is 413 Å². The van der Waals surface area contributed by atoms with Crippen molar-refractivity contribution in [2.45, 2.75) is 88.9 Å². The Bertz CT molecular complexity index is 2890. The summed E-state index contributed by atoms with van der Waals surface area (Å²) in [6.45, 7) is 10.9. The van der Waals surface area contributed by atoms with Crippen molar-refractivity contribution in [2.75, 3.05) is 16.1 Å². The Morgan fingerprint density at radius 1 is 0.592 bits per heavy atom. The molecule has 0 saturated carbocycles. The number of carbonyl (C=O) groups is 2. The number of aromatic hydroxyl groups is 1. The molecule has 6 atom stereocenters. The summed E-state index contributed by atoms with van der Waals surface area (Å²) in [5, 5.41) is 20.3. The van der Waals surface area contributed by atoms with Crippen LogP contribution in [0, 0.1) is 35.1 Å². The third-order valence-electron chi connectivity index (χ3n) is 13.6. The molecule has 0 spiro atoms. The molecule has 6 aromatic carbocycles. The second kappa shape index (κ2) is 21.6. The molecular formula is C55H58F4N2O8SSi. The van der Waals surface area contributed by atoms with E-state index in [-0.39, 0.29) is 64.5 Å². The van der Waals surface area contributed by atoms with Crippen molar-refractivity contribution >= 4 is 41.6 Å². The second-order valence-electron chi connectivity index (χ2n) is 19.6. The highest BCUT2D eigenvalue weighted by molar-refractivity contribution is 7.86. The quantitative estimate of drug-likeness (QED) is 0.0424. The summed E-state index contributed by atoms with van der Waals surface area (Å²) >= 11 is 0. The molecule has 16 heteroatoms. The van der Waals surface area contributed by atoms with Crippen molar-refractivity contribution in [1.29, 1.82) is 0 Å². The summed E-state index contributed by atoms with van der Waals surface area (Å²) in [5.74, 6) is -2.15. The minimum atomic E-state index is -3.68. The SMILES string of the molecule is CC(C)(C)[Si](C)(C)O[C@@H](CC[C@H]1C(=O)N(c2ccc(F)cc2)[C@@H]1c1ccc(O)cc1)c1ccc(F)cc1.CS(=O)(=O)Oc1ccc([C@@H]2[C@@H](CC[C@H](O)c3ccc(F)cc3)C(=O)N2c2ccc(F)cc2)cc1. The van der Waals surface area contributed by atoms with Crippen LogP contribution in [0.4, 0.5) is 28.9 Å². The van der Waals surface area contributed by atoms with Crippen LogP contribution in [0.3, 0.4) is 0 Å². The number of phenols is 1. The maximum Gasteiger partial charge on any atom is 0.306 e. The fourth-order valence-corrected chi connectivity index (χ4v) is 10.6. The van der Waals surface area contributed by atoms with E-state index in [0.29, 0.717) is 36.2 Å². The summed E-state index contributed by atoms with van der Waals surface area (Å²) < 4.78 is 88.3. The van der Waals surface area contributed by atoms with Crippen LogP contribution >= 0.6 is 0 Å². The molecule has 2 saturated heterocycles. The van der Waals surface area contributed by atoms with E-state index in [2.05, 4.69) is 33.9 Å². The predicted molar refractivity (Wildman–Crippen MR) is 268 cm³/mol. The first-order valence-corrected chi connectivity index (χ1v) is 28.0. The number of amides is 2. The third kappa shape index (κ3) is 12.6. The summed E-state index contributed by atoms with van der Waals surface area (Å²) in [5.41, 5.74) is 4.26. The van der Waals surface area contributed by atoms with E-state index >= 15 is 0 Å². The highest BCUT2D eigenvalue weighted by atomic mass is 32.2. The van der Waals surface area contributed by atoms with Gasteiger partial charge in [-0.2, -0.15) is 8.42 Å². The van der Waals surface area contributed by atoms with Gasteiger partial charge in [0.05, 0.1) is 42.4 Å². The Morgan fingerprint density at radius 3 is 1.38 bits per heavy atom. The summed E-state index contributed by atoms with van der Waals surface area (Å²) in [7, 11) is -5.83. The Morgan fingerprint density at radius 2 is 0.972 bits per heavy atom. The second-order valence-corrected chi connectivity index (χ2v) is 25.9. The molecule has 2 aliphatic heterocycles. The van der Waals surface area contributed by atoms with Crippen molar-refractivity contribution < 1.29 is 54.4 Å². The van der Waals surface area contributed by atoms with E-state index in [4.69, 9.17) is 8.61 Å². The summed E-state index contributed by atoms with van der Waals surface area (Å²) in [6, 6.07) is 36.0. The largest absolute Gasteiger partial charge is 0.508 e. The lowest BCUT2D eigenvalue weighted by atomic mass is 9.78. The number of aliphatic hydroxyl groups is 1. The van der Waals surface area contributed by atoms with Crippen LogP contribution in [0.25, 0.3) is 0 Å². The maximum absolute atomic E-state index is 13.7. The average molecular weight is 1010 g/mol. The number of aliphatic hydroxyl groups excluding tert-OH is 1. The molecule has 0 aliphatic carbocycles. The number of hydrogen-bond acceptors (Lipinski definition) is 8. The van der Waals surface area contributed by atoms with E-state index in [1.807, 2.05) is 12.1 Å². The number of anilines is 2. The van der Waals surface area contributed by atoms with Gasteiger partial charge in [0.15, 0.2) is 8.32 Å². The fraction of sp³-hybridized carbons (Fsp3) is 0.309. The van der Waals surface area contributed by atoms with Gasteiger partial charge in [0.25, 0.3) is 0 Å². The zero-order chi connectivity index (χ0) is 51.4. The molecule has 71 heavy (non-hydrogen) atoms. The van der Waals surface area contributed by atoms with Crippen molar-refractivity contribution in [2.24, 2.45) is 11.8 Å². The first-order valence-electron chi connectivity index (χ1n) is 23.3. The Kier molecular flexibility index (Phi) is 15.9. The highest BCUT2D eigenvalue weighted by Crippen LogP contribution is 2.49. The molecule has 6 aromatic rings. The molecule has 8 rings (SSSR count). The van der Waals surface area contributed by atoms with Gasteiger partial charge >= 0.3 is 10.1 Å². The first kappa shape index (κ1) is 52.5. The molecule has 2 amide bonds. The van der Waals surface area contributed by atoms with Crippen molar-refractivity contribution in [3.8, 4) is 11.5 Å². The van der Waals surface area contributed by atoms with Crippen molar-refractivity contribution in [3.05, 3.63) is 191 Å². The third-order valence-corrected chi connectivity index (χ3v) is 18.6. The standard InChI is InChI=1S/C30H35F2NO3Si.C25H23F2NO5S/c1-30(2,3)37(4,5)36-27(20-6-10-22(31)11-7-20)19-18-26-28(21-8-16-25(34)17-9-21)33(29(26)35)24-14-12-23(32)13-15-24;1-34(31,32)33-21-12-4-17(5-13-21)24-22(14-15-23(29)16-2-6-18(26)7-3-16)25(30)28(24)20-10-8-19(27)9-11-20/h6-17,26-28,34H,18-19H2,1-5H3;2-13,22-24,29H,14-15H2,1H3/t26-,27+,28-;22-,23+,24-/m11/s1. The molecule has 374 valence electrons. The van der Waals surface area contributed by atoms with E-state index in [9.17, 15) is 45.8 Å². The number of hydrogen-bond donors (Lipinski definition) is 2. The van der Waals surface area contributed by atoms with E-state index < -0.39 is 48.1 Å². The number of β-lactam (4-membered cyclic amide) rings is 2. The molecule has 0 aromatic heterocycles. The predicted octanol–water partition coefficient (Wildman–Crippen LogP) is 12.4. The van der Waals surface area contributed by atoms with Crippen molar-refractivity contribution in [1.82, 2.24) is 0 Å². The van der Waals surface area contributed by atoms with Gasteiger partial charge in [0, 0.05) is 11.4 Å². The van der Waals surface area contributed by atoms with Crippen LogP contribution in [0.1, 0.15) is 93.0 Å². The van der Waals surface area contributed by atoms with Gasteiger partial charge in [-0.3, -0.25) is 9.59 Å². The number of carbonyl (C=O) groups excluding carboxylic acids is 2. The van der Waals surface area contributed by atoms with Crippen LogP contribution in [0.5, 0.6) is 11.5 Å². The van der Waals surface area contributed by atoms with E-state index in [1.165, 1.54) is 84.9 Å². The highest BCUT2D eigenvalue weighted by Gasteiger charge is 2.50. The average Bonchev–Trinajstić information content (AvgIpc) is 3.31. The minimum absolute atomic E-state index is 0.00841. The van der Waals surface area contributed by atoms with Crippen LogP contribution in [0.2, 0.25) is 18.1 Å². The first-order chi connectivity index (χ1) is 33.5. The van der Waals surface area contributed by atoms with Gasteiger partial charge in [-0.05, 0) is 163 Å². The normalized spacial score (nSPS) is 19.0. The van der Waals surface area contributed by atoms with Crippen molar-refractivity contribution in [3.63, 3.8) is 0 Å². The number of halogens is 4. The van der Waals surface area contributed by atoms with Crippen LogP contribution in [-0.4, -0.2) is 45.0 Å². The topological polar surface area (TPSA) is 134 Å². The number of benzene rings is 6. The summed E-state index contributed by atoms with van der Waals surface area (Å²) in [4.78, 5) is 29.8. The fourth-order valence-electron chi connectivity index (χ4n) is 8.79. The zero-order valence-corrected chi connectivity index (χ0v) is 42.1. The lowest BCUT2D eigenvalue weighted by molar-refractivity contribution is -0.131. The number of nitrogens with zero attached hydrogens (tertiary/aromatic N) is 2. The van der Waals surface area contributed by atoms with E-state index in [0.717, 1.165) is 22.9 Å². The summed E-state index contributed by atoms with van der Waals surface area (Å²) in [6.07, 6.45) is 1.63. The zero-order valence-electron chi connectivity index (χ0n) is 40.3. The van der Waals surface area contributed by atoms with Gasteiger partial charge in [0.2, 0.25) is 11.8 Å². The molecule has 0 radical (unpaired) electrons. The van der Waals surface area contributed by atoms with Gasteiger partial charge < -0.3 is 28.6 Å². The van der Waals surface area contributed by atoms with Crippen LogP contribution in [0.15, 0.2) is 146 Å². The molecule has 0 bridgehead atoms. The Hall–Kier alpha value is -6.33. The Balaban J connectivity index is 0.000000209. The lowest BCUT2D eigenvalue weighted by Gasteiger charge is -2.48. The molecular weight excluding hydrogens is 953 g/mol. The monoisotopic (exact) mass is 1010 g/mol. The van der Waals surface area contributed by atoms with Crippen LogP contribution in [-0.2, 0) is 24.1 Å². The molecule has 0 unspecified atom stereocenters. The maximum atomic E-state index is 13.7. The van der Waals surface area contributed by atoms with Gasteiger partial charge in [-0.1, -0.05) is 69.3 Å². The number of rotatable bonds is 16. The van der Waals surface area contributed by atoms with E-state index in [1.54, 1.807) is 58.3 Å². The number of phenolic OH excluding ortho intramolecular Hbond substituents is 1. The minimum Gasteiger partial charge on any atom is -0.508 e. The molecule has 2 fully saturated rings. The molecule has 10 nitrogen and oxygen atoms in total. The van der Waals surface area contributed by atoms with Gasteiger partial charge in [0.1, 0.15) is 34.8 Å². The van der Waals surface area contributed by atoms with Gasteiger partial charge in [-0.15, -0.1) is 0 Å². The van der Waals surface area contributed by atoms with Gasteiger partial charge in [-0.25, -0.2) is 17.6 Å². The lowest BCUT2D eigenvalue weighted by Crippen LogP contribution is -2.55. The smallest absolute Gasteiger partial charge is 0.306 e. The molecule has 2 heterocycles.